The van der Waals surface area contributed by atoms with Crippen LogP contribution in [0.25, 0.3) is 6.08 Å². The summed E-state index contributed by atoms with van der Waals surface area (Å²) >= 11 is 0. The molecular formula is C18H20N2. The summed E-state index contributed by atoms with van der Waals surface area (Å²) in [5, 5.41) is 3.48. The Kier molecular flexibility index (Phi) is 4.14. The molecule has 0 amide bonds. The summed E-state index contributed by atoms with van der Waals surface area (Å²) in [6.45, 7) is 4.01. The Balaban J connectivity index is 1.73. The molecule has 2 aromatic rings. The lowest BCUT2D eigenvalue weighted by atomic mass is 10.1. The summed E-state index contributed by atoms with van der Waals surface area (Å²) in [7, 11) is 0. The third-order valence-electron chi connectivity index (χ3n) is 3.64. The van der Waals surface area contributed by atoms with Crippen molar-refractivity contribution in [2.24, 2.45) is 0 Å². The predicted molar refractivity (Wildman–Crippen MR) is 85.8 cm³/mol. The molecule has 20 heavy (non-hydrogen) atoms. The van der Waals surface area contributed by atoms with Gasteiger partial charge in [-0.1, -0.05) is 60.7 Å². The fraction of sp³-hybridized carbons (Fsp3) is 0.222. The Morgan fingerprint density at radius 3 is 2.70 bits per heavy atom. The number of benzene rings is 2. The molecule has 0 aromatic heterocycles. The molecule has 0 saturated carbocycles. The number of fused-ring (bicyclic) bond motifs is 1. The molecule has 1 aliphatic rings. The summed E-state index contributed by atoms with van der Waals surface area (Å²) in [6.07, 6.45) is 4.44. The van der Waals surface area contributed by atoms with E-state index >= 15 is 0 Å². The van der Waals surface area contributed by atoms with Gasteiger partial charge in [0, 0.05) is 31.9 Å². The number of hydrogen-bond acceptors (Lipinski definition) is 2. The Labute approximate surface area is 120 Å². The first-order valence-corrected chi connectivity index (χ1v) is 7.19. The van der Waals surface area contributed by atoms with Gasteiger partial charge in [-0.25, -0.2) is 0 Å². The van der Waals surface area contributed by atoms with Crippen LogP contribution in [0.1, 0.15) is 11.1 Å². The van der Waals surface area contributed by atoms with Gasteiger partial charge < -0.3 is 10.2 Å². The number of nitrogens with zero attached hydrogens (tertiary/aromatic N) is 1. The summed E-state index contributed by atoms with van der Waals surface area (Å²) in [5.74, 6) is 0. The molecule has 0 bridgehead atoms. The van der Waals surface area contributed by atoms with Crippen molar-refractivity contribution < 1.29 is 0 Å². The normalized spacial score (nSPS) is 15.1. The van der Waals surface area contributed by atoms with Gasteiger partial charge in [-0.15, -0.1) is 0 Å². The predicted octanol–water partition coefficient (Wildman–Crippen LogP) is 3.31. The lowest BCUT2D eigenvalue weighted by Gasteiger charge is -2.22. The van der Waals surface area contributed by atoms with Crippen LogP contribution in [0, 0.1) is 0 Å². The molecule has 1 aliphatic heterocycles. The van der Waals surface area contributed by atoms with Crippen molar-refractivity contribution in [1.29, 1.82) is 0 Å². The Bertz CT molecular complexity index is 575. The van der Waals surface area contributed by atoms with E-state index < -0.39 is 0 Å². The van der Waals surface area contributed by atoms with Crippen molar-refractivity contribution in [2.75, 3.05) is 24.5 Å². The number of para-hydroxylation sites is 1. The highest BCUT2D eigenvalue weighted by Crippen LogP contribution is 2.21. The van der Waals surface area contributed by atoms with E-state index in [2.05, 4.69) is 70.9 Å². The molecule has 0 saturated heterocycles. The average molecular weight is 264 g/mol. The van der Waals surface area contributed by atoms with Crippen LogP contribution in [0.15, 0.2) is 60.7 Å². The van der Waals surface area contributed by atoms with E-state index in [0.29, 0.717) is 0 Å². The van der Waals surface area contributed by atoms with Crippen LogP contribution in [0.2, 0.25) is 0 Å². The molecule has 0 spiro atoms. The van der Waals surface area contributed by atoms with E-state index in [4.69, 9.17) is 0 Å². The van der Waals surface area contributed by atoms with Crippen LogP contribution < -0.4 is 10.2 Å². The molecule has 102 valence electrons. The third kappa shape index (κ3) is 3.09. The van der Waals surface area contributed by atoms with Gasteiger partial charge in [-0.3, -0.25) is 0 Å². The zero-order chi connectivity index (χ0) is 13.6. The third-order valence-corrected chi connectivity index (χ3v) is 3.64. The highest BCUT2D eigenvalue weighted by atomic mass is 15.2. The minimum atomic E-state index is 0.952. The second kappa shape index (κ2) is 6.40. The first kappa shape index (κ1) is 12.9. The summed E-state index contributed by atoms with van der Waals surface area (Å²) < 4.78 is 0. The lowest BCUT2D eigenvalue weighted by molar-refractivity contribution is 0.700. The molecule has 3 rings (SSSR count). The molecular weight excluding hydrogens is 244 g/mol. The second-order valence-electron chi connectivity index (χ2n) is 5.06. The van der Waals surface area contributed by atoms with Gasteiger partial charge >= 0.3 is 0 Å². The summed E-state index contributed by atoms with van der Waals surface area (Å²) in [5.41, 5.74) is 4.00. The largest absolute Gasteiger partial charge is 0.366 e. The van der Waals surface area contributed by atoms with Crippen LogP contribution in [-0.2, 0) is 6.54 Å². The molecule has 2 heteroatoms. The molecule has 2 nitrogen and oxygen atoms in total. The van der Waals surface area contributed by atoms with Crippen LogP contribution in [0.5, 0.6) is 0 Å². The quantitative estimate of drug-likeness (QED) is 0.915. The van der Waals surface area contributed by atoms with Crippen molar-refractivity contribution in [3.05, 3.63) is 71.8 Å². The topological polar surface area (TPSA) is 15.3 Å². The van der Waals surface area contributed by atoms with E-state index in [-0.39, 0.29) is 0 Å². The fourth-order valence-electron chi connectivity index (χ4n) is 2.60. The van der Waals surface area contributed by atoms with E-state index in [1.165, 1.54) is 16.8 Å². The standard InChI is InChI=1S/C18H20N2/c1-2-7-16(8-3-1)9-6-13-20-14-12-19-15-17-10-4-5-11-18(17)20/h1-11,19H,12-15H2. The number of hydrogen-bond donors (Lipinski definition) is 1. The monoisotopic (exact) mass is 264 g/mol. The zero-order valence-electron chi connectivity index (χ0n) is 11.6. The minimum absolute atomic E-state index is 0.952. The van der Waals surface area contributed by atoms with Crippen LogP contribution >= 0.6 is 0 Å². The maximum Gasteiger partial charge on any atom is 0.0415 e. The Hall–Kier alpha value is -2.06. The van der Waals surface area contributed by atoms with Crippen molar-refractivity contribution in [3.8, 4) is 0 Å². The van der Waals surface area contributed by atoms with Crippen molar-refractivity contribution in [3.63, 3.8) is 0 Å². The van der Waals surface area contributed by atoms with E-state index in [9.17, 15) is 0 Å². The van der Waals surface area contributed by atoms with Crippen LogP contribution in [0.3, 0.4) is 0 Å². The van der Waals surface area contributed by atoms with E-state index in [0.717, 1.165) is 26.2 Å². The number of rotatable bonds is 3. The molecule has 0 radical (unpaired) electrons. The Morgan fingerprint density at radius 1 is 1.00 bits per heavy atom. The van der Waals surface area contributed by atoms with Crippen LogP contribution in [-0.4, -0.2) is 19.6 Å². The summed E-state index contributed by atoms with van der Waals surface area (Å²) in [4.78, 5) is 2.44. The minimum Gasteiger partial charge on any atom is -0.366 e. The van der Waals surface area contributed by atoms with Crippen molar-refractivity contribution in [2.45, 2.75) is 6.54 Å². The van der Waals surface area contributed by atoms with Crippen molar-refractivity contribution in [1.82, 2.24) is 5.32 Å². The van der Waals surface area contributed by atoms with Gasteiger partial charge in [0.05, 0.1) is 0 Å². The molecule has 0 unspecified atom stereocenters. The first-order valence-electron chi connectivity index (χ1n) is 7.19. The van der Waals surface area contributed by atoms with E-state index in [1.807, 2.05) is 6.07 Å². The van der Waals surface area contributed by atoms with Crippen molar-refractivity contribution >= 4 is 11.8 Å². The zero-order valence-corrected chi connectivity index (χ0v) is 11.6. The molecule has 2 aromatic carbocycles. The lowest BCUT2D eigenvalue weighted by Crippen LogP contribution is -2.28. The summed E-state index contributed by atoms with van der Waals surface area (Å²) in [6, 6.07) is 19.1. The maximum absolute atomic E-state index is 3.48. The van der Waals surface area contributed by atoms with Gasteiger partial charge in [0.25, 0.3) is 0 Å². The number of anilines is 1. The molecule has 0 aliphatic carbocycles. The fourth-order valence-corrected chi connectivity index (χ4v) is 2.60. The molecule has 0 atom stereocenters. The SMILES string of the molecule is C(=Cc1ccccc1)CN1CCNCc2ccccc21. The number of nitrogens with one attached hydrogen (secondary N) is 1. The van der Waals surface area contributed by atoms with Gasteiger partial charge in [-0.2, -0.15) is 0 Å². The smallest absolute Gasteiger partial charge is 0.0415 e. The van der Waals surface area contributed by atoms with Gasteiger partial charge in [0.1, 0.15) is 0 Å². The maximum atomic E-state index is 3.48. The van der Waals surface area contributed by atoms with Gasteiger partial charge in [0.2, 0.25) is 0 Å². The van der Waals surface area contributed by atoms with Gasteiger partial charge in [-0.05, 0) is 17.2 Å². The van der Waals surface area contributed by atoms with Gasteiger partial charge in [0.15, 0.2) is 0 Å². The highest BCUT2D eigenvalue weighted by molar-refractivity contribution is 5.56. The average Bonchev–Trinajstić information content (AvgIpc) is 2.71. The molecule has 1 heterocycles. The second-order valence-corrected chi connectivity index (χ2v) is 5.06. The molecule has 0 fully saturated rings. The van der Waals surface area contributed by atoms with E-state index in [1.54, 1.807) is 0 Å². The van der Waals surface area contributed by atoms with Crippen LogP contribution in [0.4, 0.5) is 5.69 Å². The Morgan fingerprint density at radius 2 is 1.80 bits per heavy atom. The molecule has 1 N–H and O–H groups in total. The first-order chi connectivity index (χ1) is 9.93. The highest BCUT2D eigenvalue weighted by Gasteiger charge is 2.12.